The number of carbonyl (C=O) groups is 1. The Morgan fingerprint density at radius 3 is 2.55 bits per heavy atom. The standard InChI is InChI=1S/C21H20ClN3O4/c1-25(13-19-23-21(24-29-19)15-6-8-16(22)9-7-15)20(26)11-5-14-4-10-17(27-2)18(12-14)28-3/h4-12H,13H2,1-3H3. The Hall–Kier alpha value is -3.32. The van der Waals surface area contributed by atoms with Crippen molar-refractivity contribution in [2.24, 2.45) is 0 Å². The molecule has 0 aliphatic carbocycles. The first-order valence-corrected chi connectivity index (χ1v) is 9.11. The van der Waals surface area contributed by atoms with Crippen molar-refractivity contribution >= 4 is 23.6 Å². The number of aromatic nitrogens is 2. The summed E-state index contributed by atoms with van der Waals surface area (Å²) in [4.78, 5) is 18.2. The van der Waals surface area contributed by atoms with Gasteiger partial charge in [0.15, 0.2) is 11.5 Å². The predicted octanol–water partition coefficient (Wildman–Crippen LogP) is 4.08. The molecule has 1 amide bonds. The minimum Gasteiger partial charge on any atom is -0.493 e. The Morgan fingerprint density at radius 1 is 1.14 bits per heavy atom. The van der Waals surface area contributed by atoms with Crippen LogP contribution in [0.1, 0.15) is 11.5 Å². The van der Waals surface area contributed by atoms with E-state index in [9.17, 15) is 4.79 Å². The maximum Gasteiger partial charge on any atom is 0.246 e. The number of halogens is 1. The average molecular weight is 414 g/mol. The highest BCUT2D eigenvalue weighted by Gasteiger charge is 2.13. The van der Waals surface area contributed by atoms with Gasteiger partial charge in [-0.1, -0.05) is 22.8 Å². The van der Waals surface area contributed by atoms with Crippen molar-refractivity contribution in [3.8, 4) is 22.9 Å². The molecule has 0 spiro atoms. The average Bonchev–Trinajstić information content (AvgIpc) is 3.20. The van der Waals surface area contributed by atoms with Crippen molar-refractivity contribution in [2.45, 2.75) is 6.54 Å². The van der Waals surface area contributed by atoms with Crippen LogP contribution in [0.3, 0.4) is 0 Å². The second-order valence-electron chi connectivity index (χ2n) is 6.16. The van der Waals surface area contributed by atoms with Crippen LogP contribution in [-0.4, -0.2) is 42.2 Å². The van der Waals surface area contributed by atoms with Crippen LogP contribution in [0.15, 0.2) is 53.1 Å². The van der Waals surface area contributed by atoms with E-state index in [2.05, 4.69) is 10.1 Å². The van der Waals surface area contributed by atoms with Gasteiger partial charge in [-0.15, -0.1) is 0 Å². The van der Waals surface area contributed by atoms with Crippen LogP contribution in [0.2, 0.25) is 5.02 Å². The lowest BCUT2D eigenvalue weighted by molar-refractivity contribution is -0.125. The highest BCUT2D eigenvalue weighted by Crippen LogP contribution is 2.28. The normalized spacial score (nSPS) is 10.9. The van der Waals surface area contributed by atoms with Crippen LogP contribution in [0, 0.1) is 0 Å². The highest BCUT2D eigenvalue weighted by molar-refractivity contribution is 6.30. The van der Waals surface area contributed by atoms with Gasteiger partial charge in [0.05, 0.1) is 20.8 Å². The maximum atomic E-state index is 12.4. The summed E-state index contributed by atoms with van der Waals surface area (Å²) >= 11 is 5.89. The molecule has 8 heteroatoms. The van der Waals surface area contributed by atoms with Crippen molar-refractivity contribution in [2.75, 3.05) is 21.3 Å². The first-order valence-electron chi connectivity index (χ1n) is 8.74. The summed E-state index contributed by atoms with van der Waals surface area (Å²) in [6.45, 7) is 0.190. The number of likely N-dealkylation sites (N-methyl/N-ethyl adjacent to an activating group) is 1. The van der Waals surface area contributed by atoms with E-state index in [0.717, 1.165) is 11.1 Å². The third-order valence-electron chi connectivity index (χ3n) is 4.15. The number of amides is 1. The van der Waals surface area contributed by atoms with E-state index in [1.807, 2.05) is 6.07 Å². The molecule has 0 saturated carbocycles. The van der Waals surface area contributed by atoms with Crippen LogP contribution >= 0.6 is 11.6 Å². The summed E-state index contributed by atoms with van der Waals surface area (Å²) in [7, 11) is 4.79. The van der Waals surface area contributed by atoms with E-state index < -0.39 is 0 Å². The van der Waals surface area contributed by atoms with E-state index in [-0.39, 0.29) is 12.5 Å². The summed E-state index contributed by atoms with van der Waals surface area (Å²) < 4.78 is 15.7. The van der Waals surface area contributed by atoms with Gasteiger partial charge in [-0.25, -0.2) is 0 Å². The first-order chi connectivity index (χ1) is 14.0. The van der Waals surface area contributed by atoms with Crippen LogP contribution in [-0.2, 0) is 11.3 Å². The molecule has 0 atom stereocenters. The van der Waals surface area contributed by atoms with E-state index in [1.54, 1.807) is 63.7 Å². The molecule has 0 N–H and O–H groups in total. The fraction of sp³-hybridized carbons (Fsp3) is 0.190. The molecule has 29 heavy (non-hydrogen) atoms. The third kappa shape index (κ3) is 5.14. The molecule has 3 rings (SSSR count). The van der Waals surface area contributed by atoms with Crippen molar-refractivity contribution < 1.29 is 18.8 Å². The number of rotatable bonds is 7. The molecule has 0 aliphatic rings. The second kappa shape index (κ2) is 9.25. The number of hydrogen-bond acceptors (Lipinski definition) is 6. The van der Waals surface area contributed by atoms with E-state index in [0.29, 0.717) is 28.2 Å². The summed E-state index contributed by atoms with van der Waals surface area (Å²) in [5.74, 6) is 1.80. The Bertz CT molecular complexity index is 1020. The SMILES string of the molecule is COc1ccc(C=CC(=O)N(C)Cc2nc(-c3ccc(Cl)cc3)no2)cc1OC. The van der Waals surface area contributed by atoms with Gasteiger partial charge in [-0.3, -0.25) is 4.79 Å². The third-order valence-corrected chi connectivity index (χ3v) is 4.40. The van der Waals surface area contributed by atoms with Gasteiger partial charge < -0.3 is 18.9 Å². The summed E-state index contributed by atoms with van der Waals surface area (Å²) in [5, 5.41) is 4.58. The minimum atomic E-state index is -0.203. The summed E-state index contributed by atoms with van der Waals surface area (Å²) in [6, 6.07) is 12.5. The van der Waals surface area contributed by atoms with Crippen LogP contribution in [0.4, 0.5) is 0 Å². The number of methoxy groups -OCH3 is 2. The smallest absolute Gasteiger partial charge is 0.246 e. The van der Waals surface area contributed by atoms with E-state index in [4.69, 9.17) is 25.6 Å². The Balaban J connectivity index is 1.63. The number of nitrogens with zero attached hydrogens (tertiary/aromatic N) is 3. The number of ether oxygens (including phenoxy) is 2. The minimum absolute atomic E-state index is 0.190. The van der Waals surface area contributed by atoms with Crippen molar-refractivity contribution in [3.05, 3.63) is 65.0 Å². The molecule has 7 nitrogen and oxygen atoms in total. The molecule has 1 heterocycles. The Morgan fingerprint density at radius 2 is 1.86 bits per heavy atom. The van der Waals surface area contributed by atoms with Gasteiger partial charge in [0.1, 0.15) is 0 Å². The molecule has 150 valence electrons. The molecule has 0 aliphatic heterocycles. The van der Waals surface area contributed by atoms with Crippen LogP contribution in [0.25, 0.3) is 17.5 Å². The van der Waals surface area contributed by atoms with Gasteiger partial charge in [-0.05, 0) is 48.0 Å². The Kier molecular flexibility index (Phi) is 6.51. The van der Waals surface area contributed by atoms with E-state index in [1.165, 1.54) is 11.0 Å². The Labute approximate surface area is 173 Å². The zero-order valence-corrected chi connectivity index (χ0v) is 17.0. The largest absolute Gasteiger partial charge is 0.493 e. The molecule has 0 fully saturated rings. The molecule has 2 aromatic carbocycles. The van der Waals surface area contributed by atoms with Gasteiger partial charge in [0.25, 0.3) is 0 Å². The maximum absolute atomic E-state index is 12.4. The van der Waals surface area contributed by atoms with Gasteiger partial charge in [0.2, 0.25) is 17.6 Å². The fourth-order valence-corrected chi connectivity index (χ4v) is 2.69. The monoisotopic (exact) mass is 413 g/mol. The number of carbonyl (C=O) groups excluding carboxylic acids is 1. The lowest BCUT2D eigenvalue weighted by atomic mass is 10.2. The lowest BCUT2D eigenvalue weighted by Gasteiger charge is -2.12. The topological polar surface area (TPSA) is 77.7 Å². The zero-order valence-electron chi connectivity index (χ0n) is 16.3. The molecule has 1 aromatic heterocycles. The summed E-state index contributed by atoms with van der Waals surface area (Å²) in [5.41, 5.74) is 1.60. The van der Waals surface area contributed by atoms with Crippen LogP contribution < -0.4 is 9.47 Å². The van der Waals surface area contributed by atoms with Gasteiger partial charge in [-0.2, -0.15) is 4.98 Å². The number of benzene rings is 2. The quantitative estimate of drug-likeness (QED) is 0.543. The van der Waals surface area contributed by atoms with Gasteiger partial charge in [0, 0.05) is 23.7 Å². The molecule has 0 unspecified atom stereocenters. The second-order valence-corrected chi connectivity index (χ2v) is 6.60. The molecule has 3 aromatic rings. The molecular formula is C21H20ClN3O4. The molecule has 0 bridgehead atoms. The van der Waals surface area contributed by atoms with Crippen molar-refractivity contribution in [1.29, 1.82) is 0 Å². The number of hydrogen-bond donors (Lipinski definition) is 0. The first kappa shape index (κ1) is 20.4. The molecular weight excluding hydrogens is 394 g/mol. The lowest BCUT2D eigenvalue weighted by Crippen LogP contribution is -2.24. The van der Waals surface area contributed by atoms with Crippen molar-refractivity contribution in [3.63, 3.8) is 0 Å². The zero-order chi connectivity index (χ0) is 20.8. The predicted molar refractivity (Wildman–Crippen MR) is 110 cm³/mol. The fourth-order valence-electron chi connectivity index (χ4n) is 2.57. The van der Waals surface area contributed by atoms with Gasteiger partial charge >= 0.3 is 0 Å². The molecule has 0 radical (unpaired) electrons. The summed E-state index contributed by atoms with van der Waals surface area (Å²) in [6.07, 6.45) is 3.17. The van der Waals surface area contributed by atoms with E-state index >= 15 is 0 Å². The molecule has 0 saturated heterocycles. The van der Waals surface area contributed by atoms with Crippen LogP contribution in [0.5, 0.6) is 11.5 Å². The van der Waals surface area contributed by atoms with Crippen molar-refractivity contribution in [1.82, 2.24) is 15.0 Å². The highest BCUT2D eigenvalue weighted by atomic mass is 35.5.